The molecule has 0 atom stereocenters. The molecule has 0 saturated carbocycles. The Morgan fingerprint density at radius 1 is 1.06 bits per heavy atom. The Morgan fingerprint density at radius 3 is 2.35 bits per heavy atom. The van der Waals surface area contributed by atoms with Crippen LogP contribution in [0.4, 0.5) is 0 Å². The molecular weight excluding hydrogens is 212 g/mol. The van der Waals surface area contributed by atoms with Gasteiger partial charge in [-0.1, -0.05) is 33.1 Å². The normalized spacial score (nSPS) is 10.2. The topological polar surface area (TPSA) is 26.3 Å². The van der Waals surface area contributed by atoms with Gasteiger partial charge in [0.15, 0.2) is 5.78 Å². The van der Waals surface area contributed by atoms with Crippen molar-refractivity contribution >= 4 is 5.78 Å². The summed E-state index contributed by atoms with van der Waals surface area (Å²) in [4.78, 5) is 11.4. The van der Waals surface area contributed by atoms with Gasteiger partial charge in [-0.25, -0.2) is 0 Å². The van der Waals surface area contributed by atoms with Crippen molar-refractivity contribution in [2.24, 2.45) is 0 Å². The summed E-state index contributed by atoms with van der Waals surface area (Å²) in [5, 5.41) is 0. The number of carbonyl (C=O) groups excluding carboxylic acids is 1. The highest BCUT2D eigenvalue weighted by Gasteiger charge is 2.02. The van der Waals surface area contributed by atoms with Gasteiger partial charge in [-0.2, -0.15) is 0 Å². The van der Waals surface area contributed by atoms with E-state index in [2.05, 4.69) is 6.92 Å². The van der Waals surface area contributed by atoms with Crippen molar-refractivity contribution in [3.05, 3.63) is 29.8 Å². The summed E-state index contributed by atoms with van der Waals surface area (Å²) in [5.74, 6) is 1.04. The van der Waals surface area contributed by atoms with Crippen LogP contribution < -0.4 is 4.74 Å². The maximum absolute atomic E-state index is 11.4. The highest BCUT2D eigenvalue weighted by atomic mass is 16.5. The molecule has 1 aromatic rings. The van der Waals surface area contributed by atoms with E-state index in [0.29, 0.717) is 6.42 Å². The number of ketones is 1. The zero-order valence-electron chi connectivity index (χ0n) is 10.9. The lowest BCUT2D eigenvalue weighted by Gasteiger charge is -2.06. The molecule has 0 saturated heterocycles. The smallest absolute Gasteiger partial charge is 0.162 e. The first-order chi connectivity index (χ1) is 8.27. The number of carbonyl (C=O) groups is 1. The minimum absolute atomic E-state index is 0.180. The van der Waals surface area contributed by atoms with E-state index in [-0.39, 0.29) is 5.78 Å². The second-order valence-corrected chi connectivity index (χ2v) is 4.21. The van der Waals surface area contributed by atoms with Crippen LogP contribution in [0.2, 0.25) is 0 Å². The maximum Gasteiger partial charge on any atom is 0.162 e. The van der Waals surface area contributed by atoms with Gasteiger partial charge in [0.05, 0.1) is 6.61 Å². The predicted octanol–water partition coefficient (Wildman–Crippen LogP) is 4.24. The van der Waals surface area contributed by atoms with Crippen LogP contribution in [0.15, 0.2) is 24.3 Å². The Morgan fingerprint density at radius 2 is 1.76 bits per heavy atom. The van der Waals surface area contributed by atoms with Gasteiger partial charge in [0, 0.05) is 12.0 Å². The van der Waals surface area contributed by atoms with Crippen LogP contribution in [0, 0.1) is 0 Å². The van der Waals surface area contributed by atoms with E-state index in [0.717, 1.165) is 24.3 Å². The van der Waals surface area contributed by atoms with Crippen LogP contribution in [0.5, 0.6) is 5.75 Å². The molecule has 0 fully saturated rings. The molecule has 2 nitrogen and oxygen atoms in total. The Balaban J connectivity index is 2.33. The third-order valence-electron chi connectivity index (χ3n) is 2.76. The first-order valence-electron chi connectivity index (χ1n) is 6.54. The van der Waals surface area contributed by atoms with E-state index >= 15 is 0 Å². The molecule has 0 aliphatic heterocycles. The van der Waals surface area contributed by atoms with Crippen LogP contribution in [-0.2, 0) is 0 Å². The molecule has 0 radical (unpaired) electrons. The monoisotopic (exact) mass is 234 g/mol. The molecule has 0 N–H and O–H groups in total. The highest BCUT2D eigenvalue weighted by Crippen LogP contribution is 2.14. The number of rotatable bonds is 8. The van der Waals surface area contributed by atoms with Crippen LogP contribution in [0.1, 0.15) is 56.3 Å². The van der Waals surface area contributed by atoms with Gasteiger partial charge >= 0.3 is 0 Å². The standard InChI is InChI=1S/C15H22O2/c1-3-5-6-7-12-17-14-10-8-13(9-11-14)15(16)4-2/h8-11H,3-7,12H2,1-2H3. The molecule has 0 spiro atoms. The molecular formula is C15H22O2. The van der Waals surface area contributed by atoms with Gasteiger partial charge in [-0.3, -0.25) is 4.79 Å². The van der Waals surface area contributed by atoms with E-state index < -0.39 is 0 Å². The molecule has 0 aliphatic rings. The number of ether oxygens (including phenoxy) is 1. The van der Waals surface area contributed by atoms with E-state index in [1.54, 1.807) is 0 Å². The van der Waals surface area contributed by atoms with Gasteiger partial charge in [-0.05, 0) is 30.7 Å². The quantitative estimate of drug-likeness (QED) is 0.497. The summed E-state index contributed by atoms with van der Waals surface area (Å²) in [6.07, 6.45) is 5.39. The summed E-state index contributed by atoms with van der Waals surface area (Å²) < 4.78 is 5.61. The molecule has 0 amide bonds. The molecule has 1 rings (SSSR count). The largest absolute Gasteiger partial charge is 0.494 e. The Hall–Kier alpha value is -1.31. The number of hydrogen-bond acceptors (Lipinski definition) is 2. The van der Waals surface area contributed by atoms with Gasteiger partial charge in [0.1, 0.15) is 5.75 Å². The van der Waals surface area contributed by atoms with E-state index in [4.69, 9.17) is 4.74 Å². The fraction of sp³-hybridized carbons (Fsp3) is 0.533. The number of benzene rings is 1. The summed E-state index contributed by atoms with van der Waals surface area (Å²) in [6, 6.07) is 7.44. The molecule has 17 heavy (non-hydrogen) atoms. The average molecular weight is 234 g/mol. The lowest BCUT2D eigenvalue weighted by atomic mass is 10.1. The second-order valence-electron chi connectivity index (χ2n) is 4.21. The van der Waals surface area contributed by atoms with E-state index in [1.165, 1.54) is 19.3 Å². The molecule has 0 heterocycles. The first kappa shape index (κ1) is 13.8. The number of Topliss-reactive ketones (excluding diaryl/α,β-unsaturated/α-hetero) is 1. The molecule has 2 heteroatoms. The fourth-order valence-electron chi connectivity index (χ4n) is 1.66. The summed E-state index contributed by atoms with van der Waals surface area (Å²) >= 11 is 0. The van der Waals surface area contributed by atoms with Gasteiger partial charge < -0.3 is 4.74 Å². The fourth-order valence-corrected chi connectivity index (χ4v) is 1.66. The Kier molecular flexibility index (Phi) is 6.38. The zero-order valence-corrected chi connectivity index (χ0v) is 10.9. The third kappa shape index (κ3) is 5.03. The summed E-state index contributed by atoms with van der Waals surface area (Å²) in [5.41, 5.74) is 0.769. The SMILES string of the molecule is CCCCCCOc1ccc(C(=O)CC)cc1. The number of unbranched alkanes of at least 4 members (excludes halogenated alkanes) is 3. The van der Waals surface area contributed by atoms with Crippen LogP contribution in [0.3, 0.4) is 0 Å². The lowest BCUT2D eigenvalue weighted by molar-refractivity contribution is 0.0988. The highest BCUT2D eigenvalue weighted by molar-refractivity contribution is 5.95. The third-order valence-corrected chi connectivity index (χ3v) is 2.76. The lowest BCUT2D eigenvalue weighted by Crippen LogP contribution is -1.99. The minimum Gasteiger partial charge on any atom is -0.494 e. The van der Waals surface area contributed by atoms with Crippen LogP contribution >= 0.6 is 0 Å². The molecule has 0 aromatic heterocycles. The Bertz CT molecular complexity index is 327. The van der Waals surface area contributed by atoms with Crippen molar-refractivity contribution < 1.29 is 9.53 Å². The minimum atomic E-state index is 0.180. The van der Waals surface area contributed by atoms with Crippen molar-refractivity contribution in [2.75, 3.05) is 6.61 Å². The van der Waals surface area contributed by atoms with Crippen molar-refractivity contribution in [1.82, 2.24) is 0 Å². The van der Waals surface area contributed by atoms with Crippen molar-refractivity contribution in [1.29, 1.82) is 0 Å². The summed E-state index contributed by atoms with van der Waals surface area (Å²) in [6.45, 7) is 4.84. The second kappa shape index (κ2) is 7.88. The van der Waals surface area contributed by atoms with Crippen LogP contribution in [0.25, 0.3) is 0 Å². The number of hydrogen-bond donors (Lipinski definition) is 0. The molecule has 94 valence electrons. The van der Waals surface area contributed by atoms with E-state index in [9.17, 15) is 4.79 Å². The van der Waals surface area contributed by atoms with Crippen LogP contribution in [-0.4, -0.2) is 12.4 Å². The van der Waals surface area contributed by atoms with Crippen molar-refractivity contribution in [3.63, 3.8) is 0 Å². The summed E-state index contributed by atoms with van der Waals surface area (Å²) in [7, 11) is 0. The Labute approximate surface area is 104 Å². The first-order valence-corrected chi connectivity index (χ1v) is 6.54. The van der Waals surface area contributed by atoms with Crippen molar-refractivity contribution in [3.8, 4) is 5.75 Å². The van der Waals surface area contributed by atoms with Gasteiger partial charge in [-0.15, -0.1) is 0 Å². The average Bonchev–Trinajstić information content (AvgIpc) is 2.38. The maximum atomic E-state index is 11.4. The molecule has 0 aliphatic carbocycles. The van der Waals surface area contributed by atoms with E-state index in [1.807, 2.05) is 31.2 Å². The van der Waals surface area contributed by atoms with Gasteiger partial charge in [0.25, 0.3) is 0 Å². The predicted molar refractivity (Wildman–Crippen MR) is 70.7 cm³/mol. The van der Waals surface area contributed by atoms with Crippen molar-refractivity contribution in [2.45, 2.75) is 46.0 Å². The van der Waals surface area contributed by atoms with Gasteiger partial charge in [0.2, 0.25) is 0 Å². The molecule has 1 aromatic carbocycles. The zero-order chi connectivity index (χ0) is 12.5. The molecule has 0 unspecified atom stereocenters. The molecule has 0 bridgehead atoms.